The third-order valence-corrected chi connectivity index (χ3v) is 4.99. The van der Waals surface area contributed by atoms with Crippen molar-refractivity contribution < 1.29 is 4.79 Å². The number of halogens is 2. The predicted molar refractivity (Wildman–Crippen MR) is 94.3 cm³/mol. The van der Waals surface area contributed by atoms with Gasteiger partial charge in [-0.05, 0) is 47.0 Å². The fraction of sp³-hybridized carbons (Fsp3) is 0.118. The van der Waals surface area contributed by atoms with E-state index < -0.39 is 0 Å². The van der Waals surface area contributed by atoms with Crippen molar-refractivity contribution >= 4 is 50.5 Å². The van der Waals surface area contributed by atoms with Crippen LogP contribution in [0.25, 0.3) is 10.1 Å². The van der Waals surface area contributed by atoms with Crippen LogP contribution in [0.3, 0.4) is 0 Å². The molecule has 5 heteroatoms. The van der Waals surface area contributed by atoms with E-state index >= 15 is 0 Å². The van der Waals surface area contributed by atoms with Crippen molar-refractivity contribution in [2.24, 2.45) is 0 Å². The molecule has 0 saturated heterocycles. The first kappa shape index (κ1) is 15.3. The molecule has 1 heterocycles. The second-order valence-corrected chi connectivity index (χ2v) is 6.64. The van der Waals surface area contributed by atoms with E-state index in [9.17, 15) is 4.79 Å². The number of hydrogen-bond donors (Lipinski definition) is 1. The molecule has 0 bridgehead atoms. The van der Waals surface area contributed by atoms with Crippen LogP contribution in [-0.2, 0) is 6.42 Å². The second kappa shape index (κ2) is 6.69. The molecule has 112 valence electrons. The van der Waals surface area contributed by atoms with Crippen molar-refractivity contribution in [3.63, 3.8) is 0 Å². The lowest BCUT2D eigenvalue weighted by atomic mass is 10.1. The Hall–Kier alpha value is -1.55. The molecule has 0 spiro atoms. The Morgan fingerprint density at radius 3 is 2.82 bits per heavy atom. The molecule has 2 nitrogen and oxygen atoms in total. The lowest BCUT2D eigenvalue weighted by Crippen LogP contribution is -2.25. The molecule has 0 aliphatic heterocycles. The van der Waals surface area contributed by atoms with Gasteiger partial charge in [0.1, 0.15) is 0 Å². The molecular weight excluding hydrogens is 337 g/mol. The quantitative estimate of drug-likeness (QED) is 0.690. The van der Waals surface area contributed by atoms with Gasteiger partial charge >= 0.3 is 0 Å². The molecule has 0 atom stereocenters. The molecule has 0 saturated carbocycles. The van der Waals surface area contributed by atoms with Crippen LogP contribution in [0, 0.1) is 0 Å². The van der Waals surface area contributed by atoms with Gasteiger partial charge in [-0.15, -0.1) is 11.3 Å². The number of carbonyl (C=O) groups excluding carboxylic acids is 1. The predicted octanol–water partition coefficient (Wildman–Crippen LogP) is 5.18. The zero-order valence-corrected chi connectivity index (χ0v) is 13.9. The van der Waals surface area contributed by atoms with Gasteiger partial charge in [0.2, 0.25) is 0 Å². The van der Waals surface area contributed by atoms with Gasteiger partial charge in [0.05, 0.1) is 10.6 Å². The van der Waals surface area contributed by atoms with E-state index in [0.717, 1.165) is 6.42 Å². The first-order valence-corrected chi connectivity index (χ1v) is 8.47. The van der Waals surface area contributed by atoms with Gasteiger partial charge in [0.15, 0.2) is 0 Å². The first-order chi connectivity index (χ1) is 10.6. The Morgan fingerprint density at radius 1 is 1.14 bits per heavy atom. The van der Waals surface area contributed by atoms with Crippen molar-refractivity contribution in [2.75, 3.05) is 6.54 Å². The smallest absolute Gasteiger partial charge is 0.252 e. The van der Waals surface area contributed by atoms with Crippen molar-refractivity contribution in [1.82, 2.24) is 5.32 Å². The standard InChI is InChI=1S/C17H13Cl2NOS/c18-12-5-6-15(19)14(9-12)17(21)20-8-7-11-10-22-16-4-2-1-3-13(11)16/h1-6,9-10H,7-8H2,(H,20,21). The molecular formula is C17H13Cl2NOS. The largest absolute Gasteiger partial charge is 0.352 e. The van der Waals surface area contributed by atoms with Crippen LogP contribution in [0.5, 0.6) is 0 Å². The van der Waals surface area contributed by atoms with E-state index in [2.05, 4.69) is 22.8 Å². The summed E-state index contributed by atoms with van der Waals surface area (Å²) in [4.78, 5) is 12.2. The molecule has 22 heavy (non-hydrogen) atoms. The summed E-state index contributed by atoms with van der Waals surface area (Å²) in [6, 6.07) is 13.2. The third-order valence-electron chi connectivity index (χ3n) is 3.41. The summed E-state index contributed by atoms with van der Waals surface area (Å²) in [6.45, 7) is 0.558. The van der Waals surface area contributed by atoms with Gasteiger partial charge in [-0.2, -0.15) is 0 Å². The molecule has 3 rings (SSSR count). The number of carbonyl (C=O) groups is 1. The normalized spacial score (nSPS) is 10.8. The second-order valence-electron chi connectivity index (χ2n) is 4.89. The van der Waals surface area contributed by atoms with E-state index in [1.54, 1.807) is 29.5 Å². The Kier molecular flexibility index (Phi) is 4.67. The number of benzene rings is 2. The molecule has 1 amide bonds. The highest BCUT2D eigenvalue weighted by Crippen LogP contribution is 2.26. The number of fused-ring (bicyclic) bond motifs is 1. The van der Waals surface area contributed by atoms with Crippen LogP contribution in [0.15, 0.2) is 47.8 Å². The summed E-state index contributed by atoms with van der Waals surface area (Å²) in [7, 11) is 0. The summed E-state index contributed by atoms with van der Waals surface area (Å²) < 4.78 is 1.27. The Balaban J connectivity index is 1.65. The van der Waals surface area contributed by atoms with Crippen LogP contribution in [0.1, 0.15) is 15.9 Å². The maximum absolute atomic E-state index is 12.2. The maximum Gasteiger partial charge on any atom is 0.252 e. The zero-order valence-electron chi connectivity index (χ0n) is 11.6. The van der Waals surface area contributed by atoms with Gasteiger partial charge in [-0.3, -0.25) is 4.79 Å². The highest BCUT2D eigenvalue weighted by atomic mass is 35.5. The molecule has 0 radical (unpaired) electrons. The van der Waals surface area contributed by atoms with Crippen LogP contribution in [0.2, 0.25) is 10.0 Å². The van der Waals surface area contributed by atoms with Gasteiger partial charge in [0.25, 0.3) is 5.91 Å². The molecule has 0 aliphatic rings. The number of thiophene rings is 1. The van der Waals surface area contributed by atoms with Crippen molar-refractivity contribution in [1.29, 1.82) is 0 Å². The summed E-state index contributed by atoms with van der Waals surface area (Å²) >= 11 is 13.7. The molecule has 0 aliphatic carbocycles. The topological polar surface area (TPSA) is 29.1 Å². The van der Waals surface area contributed by atoms with E-state index in [1.165, 1.54) is 15.6 Å². The number of nitrogens with one attached hydrogen (secondary N) is 1. The molecule has 0 unspecified atom stereocenters. The van der Waals surface area contributed by atoms with Gasteiger partial charge in [-0.25, -0.2) is 0 Å². The van der Waals surface area contributed by atoms with E-state index in [0.29, 0.717) is 22.2 Å². The van der Waals surface area contributed by atoms with E-state index in [-0.39, 0.29) is 5.91 Å². The maximum atomic E-state index is 12.2. The average Bonchev–Trinajstić information content (AvgIpc) is 2.93. The minimum Gasteiger partial charge on any atom is -0.352 e. The monoisotopic (exact) mass is 349 g/mol. The SMILES string of the molecule is O=C(NCCc1csc2ccccc12)c1cc(Cl)ccc1Cl. The molecule has 2 aromatic carbocycles. The summed E-state index contributed by atoms with van der Waals surface area (Å²) in [5, 5.41) is 7.19. The van der Waals surface area contributed by atoms with Crippen LogP contribution in [0.4, 0.5) is 0 Å². The van der Waals surface area contributed by atoms with Crippen LogP contribution >= 0.6 is 34.5 Å². The van der Waals surface area contributed by atoms with E-state index in [4.69, 9.17) is 23.2 Å². The summed E-state index contributed by atoms with van der Waals surface area (Å²) in [6.07, 6.45) is 0.786. The summed E-state index contributed by atoms with van der Waals surface area (Å²) in [5.41, 5.74) is 1.66. The minimum atomic E-state index is -0.202. The van der Waals surface area contributed by atoms with E-state index in [1.807, 2.05) is 12.1 Å². The zero-order chi connectivity index (χ0) is 15.5. The lowest BCUT2D eigenvalue weighted by molar-refractivity contribution is 0.0954. The molecule has 0 fully saturated rings. The van der Waals surface area contributed by atoms with Crippen LogP contribution < -0.4 is 5.32 Å². The Bertz CT molecular complexity index is 828. The number of amides is 1. The number of rotatable bonds is 4. The number of hydrogen-bond acceptors (Lipinski definition) is 2. The molecule has 1 N–H and O–H groups in total. The third kappa shape index (κ3) is 3.27. The van der Waals surface area contributed by atoms with Crippen molar-refractivity contribution in [2.45, 2.75) is 6.42 Å². The Morgan fingerprint density at radius 2 is 1.95 bits per heavy atom. The van der Waals surface area contributed by atoms with Gasteiger partial charge in [-0.1, -0.05) is 41.4 Å². The fourth-order valence-electron chi connectivity index (χ4n) is 2.30. The van der Waals surface area contributed by atoms with Gasteiger partial charge < -0.3 is 5.32 Å². The highest BCUT2D eigenvalue weighted by Gasteiger charge is 2.11. The van der Waals surface area contributed by atoms with Crippen molar-refractivity contribution in [3.05, 3.63) is 69.0 Å². The Labute approximate surface area is 142 Å². The minimum absolute atomic E-state index is 0.202. The fourth-order valence-corrected chi connectivity index (χ4v) is 3.68. The average molecular weight is 350 g/mol. The highest BCUT2D eigenvalue weighted by molar-refractivity contribution is 7.17. The van der Waals surface area contributed by atoms with Gasteiger partial charge in [0, 0.05) is 16.3 Å². The summed E-state index contributed by atoms with van der Waals surface area (Å²) in [5.74, 6) is -0.202. The van der Waals surface area contributed by atoms with Crippen LogP contribution in [-0.4, -0.2) is 12.5 Å². The molecule has 1 aromatic heterocycles. The first-order valence-electron chi connectivity index (χ1n) is 6.83. The van der Waals surface area contributed by atoms with Crippen molar-refractivity contribution in [3.8, 4) is 0 Å². The molecule has 3 aromatic rings. The lowest BCUT2D eigenvalue weighted by Gasteiger charge is -2.07.